The second-order valence-corrected chi connectivity index (χ2v) is 4.76. The number of rotatable bonds is 4. The van der Waals surface area contributed by atoms with E-state index in [1.807, 2.05) is 18.8 Å². The number of anilines is 1. The molecule has 0 atom stereocenters. The Kier molecular flexibility index (Phi) is 2.19. The fourth-order valence-corrected chi connectivity index (χ4v) is 2.02. The van der Waals surface area contributed by atoms with E-state index in [4.69, 9.17) is 0 Å². The third-order valence-corrected chi connectivity index (χ3v) is 3.97. The summed E-state index contributed by atoms with van der Waals surface area (Å²) >= 11 is 1.95. The first-order chi connectivity index (χ1) is 6.26. The quantitative estimate of drug-likeness (QED) is 0.787. The summed E-state index contributed by atoms with van der Waals surface area (Å²) in [6.45, 7) is 1.02. The van der Waals surface area contributed by atoms with Crippen molar-refractivity contribution in [3.05, 3.63) is 6.20 Å². The summed E-state index contributed by atoms with van der Waals surface area (Å²) in [4.78, 5) is 0. The van der Waals surface area contributed by atoms with Gasteiger partial charge in [0.25, 0.3) is 0 Å². The molecule has 72 valence electrons. The Morgan fingerprint density at radius 1 is 1.69 bits per heavy atom. The summed E-state index contributed by atoms with van der Waals surface area (Å²) in [5.74, 6) is 1.00. The van der Waals surface area contributed by atoms with Crippen molar-refractivity contribution in [2.24, 2.45) is 7.05 Å². The van der Waals surface area contributed by atoms with Crippen LogP contribution in [0, 0.1) is 0 Å². The lowest BCUT2D eigenvalue weighted by molar-refractivity contribution is 0.715. The number of nitrogens with one attached hydrogen (secondary N) is 1. The van der Waals surface area contributed by atoms with Crippen LogP contribution >= 0.6 is 11.8 Å². The van der Waals surface area contributed by atoms with Crippen molar-refractivity contribution in [3.63, 3.8) is 0 Å². The van der Waals surface area contributed by atoms with E-state index in [0.29, 0.717) is 4.75 Å². The lowest BCUT2D eigenvalue weighted by Gasteiger charge is -2.13. The normalized spacial score (nSPS) is 18.6. The van der Waals surface area contributed by atoms with Crippen LogP contribution in [0.5, 0.6) is 0 Å². The zero-order valence-electron chi connectivity index (χ0n) is 7.95. The van der Waals surface area contributed by atoms with Gasteiger partial charge in [-0.25, -0.2) is 4.68 Å². The summed E-state index contributed by atoms with van der Waals surface area (Å²) in [6, 6.07) is 0. The average molecular weight is 198 g/mol. The molecule has 1 saturated carbocycles. The highest BCUT2D eigenvalue weighted by atomic mass is 32.2. The molecule has 0 saturated heterocycles. The van der Waals surface area contributed by atoms with Crippen molar-refractivity contribution in [1.29, 1.82) is 0 Å². The molecule has 0 bridgehead atoms. The summed E-state index contributed by atoms with van der Waals surface area (Å²) in [6.07, 6.45) is 6.59. The molecular formula is C8H14N4S. The number of aromatic nitrogens is 3. The minimum absolute atomic E-state index is 0.490. The third kappa shape index (κ3) is 1.80. The van der Waals surface area contributed by atoms with E-state index in [1.165, 1.54) is 12.8 Å². The Balaban J connectivity index is 1.90. The van der Waals surface area contributed by atoms with Crippen LogP contribution in [0.15, 0.2) is 6.20 Å². The minimum Gasteiger partial charge on any atom is -0.368 e. The molecule has 1 aromatic heterocycles. The van der Waals surface area contributed by atoms with Crippen molar-refractivity contribution in [2.45, 2.75) is 17.6 Å². The van der Waals surface area contributed by atoms with E-state index in [-0.39, 0.29) is 0 Å². The fourth-order valence-electron chi connectivity index (χ4n) is 1.29. The molecule has 1 fully saturated rings. The van der Waals surface area contributed by atoms with Crippen molar-refractivity contribution >= 4 is 17.6 Å². The van der Waals surface area contributed by atoms with Gasteiger partial charge < -0.3 is 5.32 Å². The Labute approximate surface area is 82.1 Å². The second-order valence-electron chi connectivity index (χ2n) is 3.48. The lowest BCUT2D eigenvalue weighted by Crippen LogP contribution is -2.18. The fraction of sp³-hybridized carbons (Fsp3) is 0.750. The number of hydrogen-bond acceptors (Lipinski definition) is 4. The number of hydrogen-bond donors (Lipinski definition) is 1. The summed E-state index contributed by atoms with van der Waals surface area (Å²) in [5, 5.41) is 11.0. The van der Waals surface area contributed by atoms with Gasteiger partial charge in [0.05, 0.1) is 6.20 Å². The molecule has 1 aromatic rings. The van der Waals surface area contributed by atoms with Crippen molar-refractivity contribution in [2.75, 3.05) is 18.1 Å². The molecule has 0 amide bonds. The second kappa shape index (κ2) is 3.21. The van der Waals surface area contributed by atoms with Gasteiger partial charge in [-0.3, -0.25) is 0 Å². The Morgan fingerprint density at radius 2 is 2.46 bits per heavy atom. The molecule has 1 heterocycles. The standard InChI is InChI=1S/C8H14N4S/c1-12-7(5-10-11-12)9-6-8(13-2)3-4-8/h5,9H,3-4,6H2,1-2H3. The molecule has 5 heteroatoms. The predicted octanol–water partition coefficient (Wildman–Crippen LogP) is 1.12. The van der Waals surface area contributed by atoms with Crippen LogP contribution in [0.4, 0.5) is 5.82 Å². The SMILES string of the molecule is CSC1(CNc2cnnn2C)CC1. The van der Waals surface area contributed by atoms with Gasteiger partial charge in [0.1, 0.15) is 5.82 Å². The van der Waals surface area contributed by atoms with E-state index < -0.39 is 0 Å². The topological polar surface area (TPSA) is 42.7 Å². The number of nitrogens with zero attached hydrogens (tertiary/aromatic N) is 3. The molecule has 0 unspecified atom stereocenters. The maximum Gasteiger partial charge on any atom is 0.144 e. The molecular weight excluding hydrogens is 184 g/mol. The zero-order chi connectivity index (χ0) is 9.31. The molecule has 0 spiro atoms. The van der Waals surface area contributed by atoms with E-state index in [1.54, 1.807) is 10.9 Å². The minimum atomic E-state index is 0.490. The van der Waals surface area contributed by atoms with Gasteiger partial charge in [-0.15, -0.1) is 5.10 Å². The maximum atomic E-state index is 3.86. The monoisotopic (exact) mass is 198 g/mol. The summed E-state index contributed by atoms with van der Waals surface area (Å²) in [5.41, 5.74) is 0. The first kappa shape index (κ1) is 8.87. The van der Waals surface area contributed by atoms with Crippen LogP contribution in [0.25, 0.3) is 0 Å². The highest BCUT2D eigenvalue weighted by Crippen LogP contribution is 2.46. The summed E-state index contributed by atoms with van der Waals surface area (Å²) < 4.78 is 2.25. The van der Waals surface area contributed by atoms with Gasteiger partial charge in [-0.1, -0.05) is 5.21 Å². The van der Waals surface area contributed by atoms with Crippen LogP contribution < -0.4 is 5.32 Å². The lowest BCUT2D eigenvalue weighted by atomic mass is 10.4. The van der Waals surface area contributed by atoms with Crippen molar-refractivity contribution in [1.82, 2.24) is 15.0 Å². The number of aryl methyl sites for hydroxylation is 1. The molecule has 1 aliphatic rings. The van der Waals surface area contributed by atoms with Crippen LogP contribution in [-0.4, -0.2) is 32.5 Å². The number of thioether (sulfide) groups is 1. The average Bonchev–Trinajstić information content (AvgIpc) is 2.82. The zero-order valence-corrected chi connectivity index (χ0v) is 8.77. The highest BCUT2D eigenvalue weighted by molar-refractivity contribution is 8.00. The Morgan fingerprint density at radius 3 is 2.92 bits per heavy atom. The maximum absolute atomic E-state index is 3.86. The first-order valence-electron chi connectivity index (χ1n) is 4.39. The predicted molar refractivity (Wildman–Crippen MR) is 55.0 cm³/mol. The summed E-state index contributed by atoms with van der Waals surface area (Å²) in [7, 11) is 1.90. The first-order valence-corrected chi connectivity index (χ1v) is 5.62. The molecule has 1 N–H and O–H groups in total. The van der Waals surface area contributed by atoms with Crippen molar-refractivity contribution in [3.8, 4) is 0 Å². The largest absolute Gasteiger partial charge is 0.368 e. The van der Waals surface area contributed by atoms with Crippen molar-refractivity contribution < 1.29 is 0 Å². The van der Waals surface area contributed by atoms with Gasteiger partial charge in [0.2, 0.25) is 0 Å². The van der Waals surface area contributed by atoms with Gasteiger partial charge in [-0.2, -0.15) is 11.8 Å². The molecule has 0 aromatic carbocycles. The molecule has 0 radical (unpaired) electrons. The molecule has 2 rings (SSSR count). The smallest absolute Gasteiger partial charge is 0.144 e. The molecule has 0 aliphatic heterocycles. The van der Waals surface area contributed by atoms with E-state index in [9.17, 15) is 0 Å². The van der Waals surface area contributed by atoms with Crippen LogP contribution in [0.2, 0.25) is 0 Å². The molecule has 4 nitrogen and oxygen atoms in total. The third-order valence-electron chi connectivity index (χ3n) is 2.55. The van der Waals surface area contributed by atoms with Crippen LogP contribution in [0.3, 0.4) is 0 Å². The van der Waals surface area contributed by atoms with E-state index in [0.717, 1.165) is 12.4 Å². The van der Waals surface area contributed by atoms with E-state index in [2.05, 4.69) is 21.9 Å². The van der Waals surface area contributed by atoms with E-state index >= 15 is 0 Å². The van der Waals surface area contributed by atoms with Gasteiger partial charge in [-0.05, 0) is 19.1 Å². The van der Waals surface area contributed by atoms with Crippen LogP contribution in [-0.2, 0) is 7.05 Å². The molecule has 13 heavy (non-hydrogen) atoms. The Hall–Kier alpha value is -0.710. The van der Waals surface area contributed by atoms with Gasteiger partial charge >= 0.3 is 0 Å². The Bertz CT molecular complexity index is 292. The van der Waals surface area contributed by atoms with Crippen LogP contribution in [0.1, 0.15) is 12.8 Å². The molecule has 1 aliphatic carbocycles. The highest BCUT2D eigenvalue weighted by Gasteiger charge is 2.41. The van der Waals surface area contributed by atoms with Gasteiger partial charge in [0, 0.05) is 18.3 Å². The van der Waals surface area contributed by atoms with Gasteiger partial charge in [0.15, 0.2) is 0 Å².